The van der Waals surface area contributed by atoms with Gasteiger partial charge in [0.15, 0.2) is 34.9 Å². The summed E-state index contributed by atoms with van der Waals surface area (Å²) in [5, 5.41) is 10.9. The molecule has 0 radical (unpaired) electrons. The van der Waals surface area contributed by atoms with Gasteiger partial charge in [-0.25, -0.2) is 29.9 Å². The molecule has 0 saturated carbocycles. The Morgan fingerprint density at radius 1 is 0.164 bits per heavy atom. The molecule has 122 heavy (non-hydrogen) atoms. The van der Waals surface area contributed by atoms with Gasteiger partial charge in [-0.15, -0.1) is 22.7 Å². The van der Waals surface area contributed by atoms with E-state index in [0.29, 0.717) is 34.9 Å². The van der Waals surface area contributed by atoms with Gasteiger partial charge < -0.3 is 8.83 Å². The number of benzene rings is 18. The van der Waals surface area contributed by atoms with E-state index in [1.54, 1.807) is 0 Å². The van der Waals surface area contributed by atoms with Gasteiger partial charge in [0.1, 0.15) is 22.3 Å². The summed E-state index contributed by atoms with van der Waals surface area (Å²) in [6.07, 6.45) is 0. The normalized spacial score (nSPS) is 11.8. The van der Waals surface area contributed by atoms with E-state index in [1.807, 2.05) is 40.9 Å². The highest BCUT2D eigenvalue weighted by atomic mass is 32.1. The molecular weight excluding hydrogens is 1530 g/mol. The maximum absolute atomic E-state index is 7.25. The Hall–Kier alpha value is -15.7. The van der Waals surface area contributed by atoms with Crippen molar-refractivity contribution in [2.75, 3.05) is 0 Å². The third kappa shape index (κ3) is 12.1. The Morgan fingerprint density at radius 2 is 0.525 bits per heavy atom. The highest BCUT2D eigenvalue weighted by molar-refractivity contribution is 7.26. The van der Waals surface area contributed by atoms with E-state index in [9.17, 15) is 0 Å². The fourth-order valence-corrected chi connectivity index (χ4v) is 20.6. The van der Waals surface area contributed by atoms with E-state index in [2.05, 4.69) is 382 Å². The average Bonchev–Trinajstić information content (AvgIpc) is 1.55. The van der Waals surface area contributed by atoms with Gasteiger partial charge >= 0.3 is 0 Å². The Bertz CT molecular complexity index is 8250. The van der Waals surface area contributed by atoms with Crippen molar-refractivity contribution in [3.8, 4) is 157 Å². The molecule has 18 aromatic carbocycles. The monoisotopic (exact) mass is 1590 g/mol. The van der Waals surface area contributed by atoms with E-state index in [-0.39, 0.29) is 0 Å². The third-order valence-corrected chi connectivity index (χ3v) is 26.2. The Balaban J connectivity index is 0.657. The Morgan fingerprint density at radius 3 is 1.09 bits per heavy atom. The molecule has 6 aromatic heterocycles. The number of hydrogen-bond donors (Lipinski definition) is 0. The molecule has 6 heterocycles. The zero-order valence-corrected chi connectivity index (χ0v) is 67.1. The number of furan rings is 2. The summed E-state index contributed by atoms with van der Waals surface area (Å²) in [6.45, 7) is 0. The van der Waals surface area contributed by atoms with E-state index in [0.717, 1.165) is 186 Å². The number of nitrogens with zero attached hydrogens (tertiary/aromatic N) is 6. The summed E-state index contributed by atoms with van der Waals surface area (Å²) in [6, 6.07) is 142. The standard InChI is InChI=1S/C112H66N6O2S2/c1-6-28-67(29-7-1)70-56-58-73(59-57-70)107-113-109(88-42-18-16-39-81(88)84-46-23-48-86-83-41-20-21-55-99(83)121-105(84)86)117-111(114-107)91-51-27-54-97-103(91)104-93(72-36-14-5-15-37-72)64-77(65-98(104)120-97)79-44-22-38-74-63-94-87-49-24-47-85(106(87)122-100(94)66-92(74)79)82-40-17-19-43-89(82)110-115-108(78-61-75(68-30-8-2-9-31-68)60-76(62-78)69-32-10-3-11-33-69)116-112(118-110)90-50-26-53-96-102(90)101-80(45-25-52-95(101)119-96)71-34-12-4-13-35-71/h1-66H. The highest BCUT2D eigenvalue weighted by Gasteiger charge is 2.28. The van der Waals surface area contributed by atoms with Crippen LogP contribution in [0.3, 0.4) is 0 Å². The lowest BCUT2D eigenvalue weighted by atomic mass is 9.91. The summed E-state index contributed by atoms with van der Waals surface area (Å²) in [4.78, 5) is 33.4. The van der Waals surface area contributed by atoms with Crippen molar-refractivity contribution in [1.29, 1.82) is 0 Å². The van der Waals surface area contributed by atoms with Crippen LogP contribution in [0.4, 0.5) is 0 Å². The average molecular weight is 1590 g/mol. The van der Waals surface area contributed by atoms with Crippen LogP contribution in [0.2, 0.25) is 0 Å². The quantitative estimate of drug-likeness (QED) is 0.106. The van der Waals surface area contributed by atoms with Gasteiger partial charge in [-0.05, 0) is 155 Å². The molecule has 0 N–H and O–H groups in total. The fraction of sp³-hybridized carbons (Fsp3) is 0. The number of fused-ring (bicyclic) bond motifs is 13. The predicted molar refractivity (Wildman–Crippen MR) is 507 cm³/mol. The molecule has 0 aliphatic heterocycles. The van der Waals surface area contributed by atoms with Crippen molar-refractivity contribution in [3.05, 3.63) is 400 Å². The van der Waals surface area contributed by atoms with Gasteiger partial charge in [0.2, 0.25) is 0 Å². The van der Waals surface area contributed by atoms with Gasteiger partial charge in [0.05, 0.1) is 0 Å². The van der Waals surface area contributed by atoms with Crippen molar-refractivity contribution >= 4 is 118 Å². The van der Waals surface area contributed by atoms with Crippen LogP contribution in [0.25, 0.3) is 252 Å². The first-order valence-electron chi connectivity index (χ1n) is 40.9. The van der Waals surface area contributed by atoms with Gasteiger partial charge in [-0.3, -0.25) is 0 Å². The molecule has 0 atom stereocenters. The number of aromatic nitrogens is 6. The van der Waals surface area contributed by atoms with Crippen LogP contribution in [-0.2, 0) is 0 Å². The molecule has 0 unspecified atom stereocenters. The molecular formula is C112H66N6O2S2. The molecule has 0 saturated heterocycles. The first-order valence-corrected chi connectivity index (χ1v) is 42.6. The van der Waals surface area contributed by atoms with E-state index in [4.69, 9.17) is 38.7 Å². The Kier molecular flexibility index (Phi) is 16.8. The fourth-order valence-electron chi connectivity index (χ4n) is 18.1. The summed E-state index contributed by atoms with van der Waals surface area (Å²) >= 11 is 3.63. The van der Waals surface area contributed by atoms with Crippen LogP contribution in [0.5, 0.6) is 0 Å². The molecule has 0 bridgehead atoms. The SMILES string of the molecule is c1ccc(-c2ccc(-c3nc(-c4ccccc4-c4cccc5c4sc4ccccc45)nc(-c4cccc5oc6cc(-c7cccc8cc9c(cc78)sc7c(-c8ccccc8-c8nc(-c%10cc(-c%11ccccc%11)cc(-c%11ccccc%11)c%10)nc(-c%10cccc%11oc%12cccc(-c%13ccccc%13)c%12c%10%11)n8)cccc79)cc(-c7ccccc7)c6c45)n3)cc2)cc1. The second kappa shape index (κ2) is 29.1. The van der Waals surface area contributed by atoms with Crippen molar-refractivity contribution in [2.24, 2.45) is 0 Å². The Labute approximate surface area is 709 Å². The minimum absolute atomic E-state index is 0.533. The first kappa shape index (κ1) is 70.5. The van der Waals surface area contributed by atoms with Crippen LogP contribution < -0.4 is 0 Å². The van der Waals surface area contributed by atoms with Crippen LogP contribution in [0.1, 0.15) is 0 Å². The van der Waals surface area contributed by atoms with Crippen molar-refractivity contribution < 1.29 is 8.83 Å². The molecule has 0 aliphatic carbocycles. The van der Waals surface area contributed by atoms with Crippen LogP contribution in [0.15, 0.2) is 409 Å². The smallest absolute Gasteiger partial charge is 0.164 e. The number of rotatable bonds is 14. The summed E-state index contributed by atoms with van der Waals surface area (Å²) in [5.74, 6) is 3.30. The topological polar surface area (TPSA) is 104 Å². The molecule has 10 heteroatoms. The van der Waals surface area contributed by atoms with Crippen molar-refractivity contribution in [2.45, 2.75) is 0 Å². The lowest BCUT2D eigenvalue weighted by Crippen LogP contribution is -2.02. The molecule has 0 spiro atoms. The van der Waals surface area contributed by atoms with Crippen LogP contribution >= 0.6 is 22.7 Å². The minimum Gasteiger partial charge on any atom is -0.456 e. The maximum atomic E-state index is 7.25. The van der Waals surface area contributed by atoms with E-state index >= 15 is 0 Å². The molecule has 24 rings (SSSR count). The maximum Gasteiger partial charge on any atom is 0.164 e. The summed E-state index contributed by atoms with van der Waals surface area (Å²) in [5.41, 5.74) is 25.3. The van der Waals surface area contributed by atoms with Crippen molar-refractivity contribution in [3.63, 3.8) is 0 Å². The zero-order valence-electron chi connectivity index (χ0n) is 65.4. The molecule has 0 amide bonds. The molecule has 24 aromatic rings. The molecule has 0 aliphatic rings. The van der Waals surface area contributed by atoms with Gasteiger partial charge in [0.25, 0.3) is 0 Å². The van der Waals surface area contributed by atoms with E-state index < -0.39 is 0 Å². The number of thiophene rings is 2. The minimum atomic E-state index is 0.533. The van der Waals surface area contributed by atoms with Crippen molar-refractivity contribution in [1.82, 2.24) is 29.9 Å². The van der Waals surface area contributed by atoms with Crippen LogP contribution in [-0.4, -0.2) is 29.9 Å². The molecule has 568 valence electrons. The summed E-state index contributed by atoms with van der Waals surface area (Å²) < 4.78 is 18.8. The highest BCUT2D eigenvalue weighted by Crippen LogP contribution is 2.51. The zero-order chi connectivity index (χ0) is 80.3. The van der Waals surface area contributed by atoms with Gasteiger partial charge in [0, 0.05) is 106 Å². The summed E-state index contributed by atoms with van der Waals surface area (Å²) in [7, 11) is 0. The third-order valence-electron chi connectivity index (χ3n) is 23.8. The van der Waals surface area contributed by atoms with Crippen LogP contribution in [0, 0.1) is 0 Å². The molecule has 8 nitrogen and oxygen atoms in total. The second-order valence-electron chi connectivity index (χ2n) is 31.0. The molecule has 0 fully saturated rings. The second-order valence-corrected chi connectivity index (χ2v) is 33.1. The van der Waals surface area contributed by atoms with E-state index in [1.165, 1.54) is 30.9 Å². The predicted octanol–water partition coefficient (Wildman–Crippen LogP) is 31.1. The van der Waals surface area contributed by atoms with Gasteiger partial charge in [-0.1, -0.05) is 334 Å². The van der Waals surface area contributed by atoms with Gasteiger partial charge in [-0.2, -0.15) is 0 Å². The lowest BCUT2D eigenvalue weighted by molar-refractivity contribution is 0.668. The first-order chi connectivity index (χ1) is 60.4. The largest absolute Gasteiger partial charge is 0.456 e. The number of hydrogen-bond acceptors (Lipinski definition) is 10. The lowest BCUT2D eigenvalue weighted by Gasteiger charge is -2.14.